The van der Waals surface area contributed by atoms with Gasteiger partial charge in [-0.15, -0.1) is 0 Å². The summed E-state index contributed by atoms with van der Waals surface area (Å²) in [5.74, 6) is 1.55. The predicted octanol–water partition coefficient (Wildman–Crippen LogP) is 3.55. The Morgan fingerprint density at radius 1 is 1.18 bits per heavy atom. The van der Waals surface area contributed by atoms with Crippen LogP contribution in [0.3, 0.4) is 0 Å². The van der Waals surface area contributed by atoms with Crippen molar-refractivity contribution in [1.82, 2.24) is 14.9 Å². The van der Waals surface area contributed by atoms with Gasteiger partial charge in [0.25, 0.3) is 0 Å². The summed E-state index contributed by atoms with van der Waals surface area (Å²) in [6.07, 6.45) is 11.0. The van der Waals surface area contributed by atoms with Crippen LogP contribution in [-0.4, -0.2) is 66.3 Å². The molecule has 1 aliphatic heterocycles. The van der Waals surface area contributed by atoms with Crippen molar-refractivity contribution in [3.63, 3.8) is 0 Å². The molecular formula is C28H35ClN6O3. The molecule has 10 heteroatoms. The van der Waals surface area contributed by atoms with E-state index in [1.165, 1.54) is 11.1 Å². The van der Waals surface area contributed by atoms with Gasteiger partial charge < -0.3 is 25.8 Å². The average Bonchev–Trinajstić information content (AvgIpc) is 3.46. The number of benzene rings is 1. The van der Waals surface area contributed by atoms with Crippen molar-refractivity contribution < 1.29 is 14.3 Å². The monoisotopic (exact) mass is 538 g/mol. The SMILES string of the molecule is COc1c(Nc2ncc(Cl)c(N[C@@H]3[C@H](C(N)=O)[C@H]4C=C[C@@H]3C4)n2)ccc2c1CC[C@@H](N1CCOCC1)CC2. The number of ether oxygens (including phenoxy) is 2. The Morgan fingerprint density at radius 2 is 1.97 bits per heavy atom. The number of nitrogens with one attached hydrogen (secondary N) is 2. The number of aromatic nitrogens is 2. The van der Waals surface area contributed by atoms with E-state index >= 15 is 0 Å². The lowest BCUT2D eigenvalue weighted by Gasteiger charge is -2.34. The number of anilines is 3. The second-order valence-corrected chi connectivity index (χ2v) is 11.1. The molecule has 2 bridgehead atoms. The van der Waals surface area contributed by atoms with E-state index in [1.54, 1.807) is 13.3 Å². The lowest BCUT2D eigenvalue weighted by atomic mass is 9.88. The average molecular weight is 539 g/mol. The highest BCUT2D eigenvalue weighted by Gasteiger charge is 2.47. The molecule has 38 heavy (non-hydrogen) atoms. The smallest absolute Gasteiger partial charge is 0.229 e. The van der Waals surface area contributed by atoms with Crippen LogP contribution in [0.25, 0.3) is 0 Å². The number of hydrogen-bond acceptors (Lipinski definition) is 8. The number of fused-ring (bicyclic) bond motifs is 3. The number of nitrogens with two attached hydrogens (primary N) is 1. The number of morpholine rings is 1. The van der Waals surface area contributed by atoms with Crippen molar-refractivity contribution in [2.24, 2.45) is 23.5 Å². The molecule has 1 amide bonds. The molecule has 4 N–H and O–H groups in total. The van der Waals surface area contributed by atoms with Gasteiger partial charge in [-0.25, -0.2) is 4.98 Å². The summed E-state index contributed by atoms with van der Waals surface area (Å²) < 4.78 is 11.5. The molecule has 6 rings (SSSR count). The minimum Gasteiger partial charge on any atom is -0.494 e. The molecule has 1 saturated heterocycles. The fraction of sp³-hybridized carbons (Fsp3) is 0.536. The van der Waals surface area contributed by atoms with Gasteiger partial charge in [0.05, 0.1) is 38.1 Å². The van der Waals surface area contributed by atoms with Crippen molar-refractivity contribution in [3.05, 3.63) is 46.6 Å². The van der Waals surface area contributed by atoms with Crippen LogP contribution in [0.1, 0.15) is 30.4 Å². The Balaban J connectivity index is 1.21. The van der Waals surface area contributed by atoms with Crippen molar-refractivity contribution in [2.75, 3.05) is 44.0 Å². The van der Waals surface area contributed by atoms with Gasteiger partial charge in [0.2, 0.25) is 11.9 Å². The Hall–Kier alpha value is -2.88. The molecule has 3 aliphatic carbocycles. The second-order valence-electron chi connectivity index (χ2n) is 10.7. The number of nitrogens with zero attached hydrogens (tertiary/aromatic N) is 3. The molecule has 2 heterocycles. The number of aryl methyl sites for hydroxylation is 1. The van der Waals surface area contributed by atoms with Crippen LogP contribution in [0.5, 0.6) is 5.75 Å². The van der Waals surface area contributed by atoms with Crippen LogP contribution in [0.2, 0.25) is 5.02 Å². The van der Waals surface area contributed by atoms with E-state index < -0.39 is 0 Å². The van der Waals surface area contributed by atoms with Gasteiger partial charge in [-0.2, -0.15) is 4.98 Å². The highest BCUT2D eigenvalue weighted by molar-refractivity contribution is 6.32. The second kappa shape index (κ2) is 10.7. The highest BCUT2D eigenvalue weighted by Crippen LogP contribution is 2.45. The van der Waals surface area contributed by atoms with Crippen molar-refractivity contribution in [2.45, 2.75) is 44.2 Å². The summed E-state index contributed by atoms with van der Waals surface area (Å²) in [6, 6.07) is 4.66. The molecule has 5 atom stereocenters. The first-order chi connectivity index (χ1) is 18.5. The van der Waals surface area contributed by atoms with Gasteiger partial charge in [-0.3, -0.25) is 9.69 Å². The lowest BCUT2D eigenvalue weighted by molar-refractivity contribution is -0.122. The van der Waals surface area contributed by atoms with Crippen LogP contribution < -0.4 is 21.1 Å². The predicted molar refractivity (Wildman–Crippen MR) is 147 cm³/mol. The highest BCUT2D eigenvalue weighted by atomic mass is 35.5. The number of primary amides is 1. The van der Waals surface area contributed by atoms with E-state index in [2.05, 4.69) is 43.7 Å². The zero-order chi connectivity index (χ0) is 26.2. The van der Waals surface area contributed by atoms with Crippen LogP contribution in [0, 0.1) is 17.8 Å². The summed E-state index contributed by atoms with van der Waals surface area (Å²) >= 11 is 6.47. The third-order valence-electron chi connectivity index (χ3n) is 8.68. The van der Waals surface area contributed by atoms with E-state index in [0.29, 0.717) is 22.8 Å². The number of halogens is 1. The zero-order valence-electron chi connectivity index (χ0n) is 21.7. The molecular weight excluding hydrogens is 504 g/mol. The number of amides is 1. The standard InChI is InChI=1S/C28H35ClN6O3/c1-37-25-20-8-7-19(35-10-12-38-13-11-35)6-4-16(20)5-9-22(25)32-28-31-15-21(29)27(34-28)33-24-18-3-2-17(14-18)23(24)26(30)36/h2-3,5,9,15,17-19,23-24H,4,6-8,10-14H2,1H3,(H2,30,36)(H2,31,32,33,34)/t17-,18+,19-,23+,24-/m0/s1. The Morgan fingerprint density at radius 3 is 2.76 bits per heavy atom. The quantitative estimate of drug-likeness (QED) is 0.362. The van der Waals surface area contributed by atoms with Crippen LogP contribution in [0.15, 0.2) is 30.5 Å². The molecule has 1 saturated carbocycles. The molecule has 202 valence electrons. The molecule has 0 unspecified atom stereocenters. The first kappa shape index (κ1) is 25.4. The van der Waals surface area contributed by atoms with Gasteiger partial charge in [0.1, 0.15) is 10.8 Å². The van der Waals surface area contributed by atoms with E-state index in [0.717, 1.165) is 69.8 Å². The van der Waals surface area contributed by atoms with Crippen molar-refractivity contribution >= 4 is 35.0 Å². The van der Waals surface area contributed by atoms with Crippen molar-refractivity contribution in [1.29, 1.82) is 0 Å². The van der Waals surface area contributed by atoms with Gasteiger partial charge >= 0.3 is 0 Å². The normalized spacial score (nSPS) is 28.5. The minimum absolute atomic E-state index is 0.135. The molecule has 4 aliphatic rings. The summed E-state index contributed by atoms with van der Waals surface area (Å²) in [5.41, 5.74) is 9.14. The number of carbonyl (C=O) groups excluding carboxylic acids is 1. The van der Waals surface area contributed by atoms with Gasteiger partial charge in [0.15, 0.2) is 5.82 Å². The van der Waals surface area contributed by atoms with Crippen LogP contribution >= 0.6 is 11.6 Å². The lowest BCUT2D eigenvalue weighted by Crippen LogP contribution is -2.43. The molecule has 0 spiro atoms. The van der Waals surface area contributed by atoms with Gasteiger partial charge in [0, 0.05) is 25.2 Å². The van der Waals surface area contributed by atoms with E-state index in [9.17, 15) is 4.79 Å². The summed E-state index contributed by atoms with van der Waals surface area (Å²) in [7, 11) is 1.72. The number of methoxy groups -OCH3 is 1. The Kier molecular flexibility index (Phi) is 7.16. The van der Waals surface area contributed by atoms with Crippen molar-refractivity contribution in [3.8, 4) is 5.75 Å². The van der Waals surface area contributed by atoms with E-state index in [1.807, 2.05) is 6.07 Å². The number of hydrogen-bond donors (Lipinski definition) is 3. The summed E-state index contributed by atoms with van der Waals surface area (Å²) in [5, 5.41) is 7.15. The Labute approximate surface area is 228 Å². The van der Waals surface area contributed by atoms with Gasteiger partial charge in [-0.1, -0.05) is 29.8 Å². The largest absolute Gasteiger partial charge is 0.494 e. The molecule has 2 aromatic rings. The van der Waals surface area contributed by atoms with Crippen LogP contribution in [-0.2, 0) is 22.4 Å². The minimum atomic E-state index is -0.298. The van der Waals surface area contributed by atoms with Crippen LogP contribution in [0.4, 0.5) is 17.5 Å². The summed E-state index contributed by atoms with van der Waals surface area (Å²) in [4.78, 5) is 23.8. The van der Waals surface area contributed by atoms with E-state index in [4.69, 9.17) is 26.8 Å². The maximum atomic E-state index is 12.2. The molecule has 0 radical (unpaired) electrons. The fourth-order valence-corrected chi connectivity index (χ4v) is 6.95. The summed E-state index contributed by atoms with van der Waals surface area (Å²) in [6.45, 7) is 3.66. The topological polar surface area (TPSA) is 115 Å². The first-order valence-corrected chi connectivity index (χ1v) is 13.9. The van der Waals surface area contributed by atoms with Gasteiger partial charge in [-0.05, 0) is 61.1 Å². The molecule has 9 nitrogen and oxygen atoms in total. The third kappa shape index (κ3) is 4.83. The number of carbonyl (C=O) groups is 1. The first-order valence-electron chi connectivity index (χ1n) is 13.6. The molecule has 1 aromatic heterocycles. The maximum absolute atomic E-state index is 12.2. The fourth-order valence-electron chi connectivity index (χ4n) is 6.81. The molecule has 2 fully saturated rings. The zero-order valence-corrected chi connectivity index (χ0v) is 22.4. The molecule has 1 aromatic carbocycles. The number of rotatable bonds is 7. The Bertz CT molecular complexity index is 1230. The number of allylic oxidation sites excluding steroid dienone is 1. The third-order valence-corrected chi connectivity index (χ3v) is 8.96. The van der Waals surface area contributed by atoms with E-state index in [-0.39, 0.29) is 29.7 Å². The maximum Gasteiger partial charge on any atom is 0.229 e.